The molecule has 0 fully saturated rings. The largest absolute Gasteiger partial charge is 0.301 e. The van der Waals surface area contributed by atoms with Gasteiger partial charge in [-0.05, 0) is 57.6 Å². The average Bonchev–Trinajstić information content (AvgIpc) is 3.31. The predicted octanol–water partition coefficient (Wildman–Crippen LogP) is 10.5. The van der Waals surface area contributed by atoms with Crippen LogP contribution in [0.15, 0.2) is 97.1 Å². The molecule has 3 aromatic rings. The first-order valence-corrected chi connectivity index (χ1v) is 14.2. The lowest BCUT2D eigenvalue weighted by atomic mass is 9.91. The molecule has 2 heteroatoms. The minimum absolute atomic E-state index is 0.418. The molecular weight excluding hydrogens is 460 g/mol. The fraction of sp³-hybridized carbons (Fsp3) is 0.333. The summed E-state index contributed by atoms with van der Waals surface area (Å²) in [6, 6.07) is 24.1. The Hall–Kier alpha value is -3.52. The van der Waals surface area contributed by atoms with Gasteiger partial charge in [0.05, 0.1) is 11.4 Å². The van der Waals surface area contributed by atoms with E-state index in [4.69, 9.17) is 0 Å². The van der Waals surface area contributed by atoms with Crippen molar-refractivity contribution < 1.29 is 0 Å². The van der Waals surface area contributed by atoms with Gasteiger partial charge in [0.15, 0.2) is 0 Å². The molecule has 4 rings (SSSR count). The van der Waals surface area contributed by atoms with Crippen LogP contribution in [0.4, 0.5) is 11.4 Å². The number of allylic oxidation sites excluding steroid dienone is 2. The Balaban J connectivity index is 1.94. The molecule has 0 bridgehead atoms. The van der Waals surface area contributed by atoms with Gasteiger partial charge in [-0.25, -0.2) is 0 Å². The monoisotopic (exact) mass is 504 g/mol. The number of hydrogen-bond acceptors (Lipinski definition) is 2. The molecule has 3 aromatic carbocycles. The maximum Gasteiger partial charge on any atom is 0.121 e. The van der Waals surface area contributed by atoms with Crippen molar-refractivity contribution in [2.24, 2.45) is 0 Å². The first kappa shape index (κ1) is 27.5. The molecular formula is C36H44N2. The summed E-state index contributed by atoms with van der Waals surface area (Å²) in [6.07, 6.45) is 11.2. The molecule has 0 saturated carbocycles. The zero-order chi connectivity index (χ0) is 27.4. The number of hydrogen-bond donors (Lipinski definition) is 0. The minimum Gasteiger partial charge on any atom is -0.301 e. The molecule has 2 nitrogen and oxygen atoms in total. The number of anilines is 2. The van der Waals surface area contributed by atoms with Crippen LogP contribution in [-0.2, 0) is 0 Å². The molecule has 0 unspecified atom stereocenters. The number of para-hydroxylation sites is 2. The van der Waals surface area contributed by atoms with E-state index in [0.29, 0.717) is 23.7 Å². The van der Waals surface area contributed by atoms with Gasteiger partial charge in [0, 0.05) is 12.4 Å². The van der Waals surface area contributed by atoms with Gasteiger partial charge in [-0.15, -0.1) is 0 Å². The van der Waals surface area contributed by atoms with Gasteiger partial charge in [0.2, 0.25) is 0 Å². The summed E-state index contributed by atoms with van der Waals surface area (Å²) in [6.45, 7) is 18.4. The Bertz CT molecular complexity index is 1190. The van der Waals surface area contributed by atoms with Crippen LogP contribution in [0.25, 0.3) is 6.08 Å². The molecule has 0 amide bonds. The van der Waals surface area contributed by atoms with Crippen molar-refractivity contribution in [2.75, 3.05) is 9.80 Å². The topological polar surface area (TPSA) is 6.48 Å². The van der Waals surface area contributed by atoms with Crippen LogP contribution in [0.5, 0.6) is 0 Å². The zero-order valence-electron chi connectivity index (χ0n) is 24.4. The van der Waals surface area contributed by atoms with Crippen molar-refractivity contribution in [1.82, 2.24) is 0 Å². The molecule has 0 N–H and O–H groups in total. The Morgan fingerprint density at radius 3 is 1.26 bits per heavy atom. The highest BCUT2D eigenvalue weighted by Gasteiger charge is 2.30. The highest BCUT2D eigenvalue weighted by molar-refractivity contribution is 5.77. The summed E-state index contributed by atoms with van der Waals surface area (Å²) in [7, 11) is 0. The van der Waals surface area contributed by atoms with Gasteiger partial charge in [0.25, 0.3) is 0 Å². The van der Waals surface area contributed by atoms with Crippen LogP contribution in [0.1, 0.15) is 107 Å². The third-order valence-electron chi connectivity index (χ3n) is 7.36. The van der Waals surface area contributed by atoms with E-state index >= 15 is 0 Å². The van der Waals surface area contributed by atoms with Gasteiger partial charge in [0.1, 0.15) is 5.82 Å². The molecule has 0 radical (unpaired) electrons. The quantitative estimate of drug-likeness (QED) is 0.301. The van der Waals surface area contributed by atoms with E-state index in [1.165, 1.54) is 39.2 Å². The van der Waals surface area contributed by atoms with Crippen LogP contribution in [0.3, 0.4) is 0 Å². The highest BCUT2D eigenvalue weighted by atomic mass is 15.4. The first-order chi connectivity index (χ1) is 18.2. The second-order valence-electron chi connectivity index (χ2n) is 11.5. The van der Waals surface area contributed by atoms with E-state index in [1.807, 2.05) is 0 Å². The van der Waals surface area contributed by atoms with Gasteiger partial charge in [-0.2, -0.15) is 0 Å². The maximum absolute atomic E-state index is 2.42. The lowest BCUT2D eigenvalue weighted by Crippen LogP contribution is -2.26. The molecule has 0 spiro atoms. The molecule has 1 aliphatic heterocycles. The van der Waals surface area contributed by atoms with Gasteiger partial charge in [-0.1, -0.05) is 134 Å². The van der Waals surface area contributed by atoms with E-state index in [9.17, 15) is 0 Å². The molecule has 1 heterocycles. The highest BCUT2D eigenvalue weighted by Crippen LogP contribution is 2.44. The number of benzene rings is 3. The van der Waals surface area contributed by atoms with Gasteiger partial charge >= 0.3 is 0 Å². The smallest absolute Gasteiger partial charge is 0.121 e. The number of rotatable bonds is 8. The SMILES string of the molecule is CC(C)c1cccc(C(C)C)c1N1C=CN(c2c(C(C)C)cccc2C(C)C)C1=C/C=C/c1ccccc1. The van der Waals surface area contributed by atoms with Crippen LogP contribution in [0.2, 0.25) is 0 Å². The Morgan fingerprint density at radius 2 is 0.895 bits per heavy atom. The lowest BCUT2D eigenvalue weighted by molar-refractivity contribution is 0.820. The van der Waals surface area contributed by atoms with E-state index in [-0.39, 0.29) is 0 Å². The molecule has 0 saturated heterocycles. The summed E-state index contributed by atoms with van der Waals surface area (Å²) in [5.74, 6) is 2.83. The first-order valence-electron chi connectivity index (χ1n) is 14.2. The standard InChI is InChI=1S/C36H44N2/c1-25(2)30-18-13-19-31(26(3)4)35(30)37-23-24-38(34(37)22-12-17-29-15-10-9-11-16-29)36-32(27(5)6)20-14-21-33(36)28(7)8/h9-28H,1-8H3/b17-12+. The normalized spacial score (nSPS) is 13.8. The van der Waals surface area contributed by atoms with Crippen molar-refractivity contribution in [3.05, 3.63) is 125 Å². The van der Waals surface area contributed by atoms with Crippen LogP contribution in [0, 0.1) is 0 Å². The summed E-state index contributed by atoms with van der Waals surface area (Å²) < 4.78 is 0. The van der Waals surface area contributed by atoms with Crippen molar-refractivity contribution >= 4 is 17.5 Å². The maximum atomic E-state index is 2.42. The van der Waals surface area contributed by atoms with Crippen molar-refractivity contribution in [3.8, 4) is 0 Å². The Kier molecular flexibility index (Phi) is 8.62. The average molecular weight is 505 g/mol. The van der Waals surface area contributed by atoms with Crippen LogP contribution in [-0.4, -0.2) is 0 Å². The fourth-order valence-corrected chi connectivity index (χ4v) is 5.33. The molecule has 0 atom stereocenters. The summed E-state index contributed by atoms with van der Waals surface area (Å²) >= 11 is 0. The van der Waals surface area contributed by atoms with Gasteiger partial charge in [-0.3, -0.25) is 0 Å². The van der Waals surface area contributed by atoms with Crippen LogP contribution < -0.4 is 9.80 Å². The molecule has 38 heavy (non-hydrogen) atoms. The van der Waals surface area contributed by atoms with Crippen molar-refractivity contribution in [1.29, 1.82) is 0 Å². The molecule has 198 valence electrons. The Morgan fingerprint density at radius 1 is 0.500 bits per heavy atom. The summed E-state index contributed by atoms with van der Waals surface area (Å²) in [5, 5.41) is 0. The third-order valence-corrected chi connectivity index (χ3v) is 7.36. The van der Waals surface area contributed by atoms with E-state index in [0.717, 1.165) is 5.82 Å². The van der Waals surface area contributed by atoms with E-state index < -0.39 is 0 Å². The minimum atomic E-state index is 0.418. The molecule has 1 aliphatic rings. The second-order valence-corrected chi connectivity index (χ2v) is 11.5. The van der Waals surface area contributed by atoms with Crippen LogP contribution >= 0.6 is 0 Å². The molecule has 0 aliphatic carbocycles. The number of nitrogens with zero attached hydrogens (tertiary/aromatic N) is 2. The summed E-state index contributed by atoms with van der Waals surface area (Å²) in [5.41, 5.74) is 9.32. The van der Waals surface area contributed by atoms with Crippen molar-refractivity contribution in [2.45, 2.75) is 79.1 Å². The van der Waals surface area contributed by atoms with Crippen molar-refractivity contribution in [3.63, 3.8) is 0 Å². The predicted molar refractivity (Wildman–Crippen MR) is 167 cm³/mol. The fourth-order valence-electron chi connectivity index (χ4n) is 5.33. The second kappa shape index (κ2) is 11.9. The molecule has 0 aromatic heterocycles. The van der Waals surface area contributed by atoms with E-state index in [2.05, 4.69) is 163 Å². The third kappa shape index (κ3) is 5.65. The van der Waals surface area contributed by atoms with E-state index in [1.54, 1.807) is 0 Å². The summed E-state index contributed by atoms with van der Waals surface area (Å²) in [4.78, 5) is 4.84. The lowest BCUT2D eigenvalue weighted by Gasteiger charge is -2.33. The zero-order valence-corrected chi connectivity index (χ0v) is 24.4. The van der Waals surface area contributed by atoms with Gasteiger partial charge < -0.3 is 9.80 Å². The Labute approximate surface area is 231 Å².